The first-order chi connectivity index (χ1) is 8.41. The number of carbonyl (C=O) groups is 1. The lowest BCUT2D eigenvalue weighted by Gasteiger charge is -2.13. The van der Waals surface area contributed by atoms with E-state index in [2.05, 4.69) is 42.5 Å². The minimum atomic E-state index is 0.149. The molecule has 0 amide bonds. The van der Waals surface area contributed by atoms with Crippen LogP contribution in [0.4, 0.5) is 0 Å². The van der Waals surface area contributed by atoms with Crippen molar-refractivity contribution in [2.45, 2.75) is 27.7 Å². The minimum Gasteiger partial charge on any atom is -0.289 e. The summed E-state index contributed by atoms with van der Waals surface area (Å²) in [7, 11) is 0. The summed E-state index contributed by atoms with van der Waals surface area (Å²) in [6.07, 6.45) is 0. The molecule has 0 spiro atoms. The molecule has 0 aliphatic rings. The van der Waals surface area contributed by atoms with E-state index in [9.17, 15) is 4.79 Å². The summed E-state index contributed by atoms with van der Waals surface area (Å²) >= 11 is 3.86. The Balaban J connectivity index is 2.61. The fourth-order valence-corrected chi connectivity index (χ4v) is 3.46. The van der Waals surface area contributed by atoms with Gasteiger partial charge in [0.2, 0.25) is 0 Å². The first-order valence-corrected chi connectivity index (χ1v) is 7.73. The third kappa shape index (κ3) is 2.38. The van der Waals surface area contributed by atoms with E-state index >= 15 is 0 Å². The van der Waals surface area contributed by atoms with Gasteiger partial charge in [0.15, 0.2) is 5.78 Å². The monoisotopic (exact) mass is 370 g/mol. The fourth-order valence-electron chi connectivity index (χ4n) is 2.13. The highest BCUT2D eigenvalue weighted by molar-refractivity contribution is 14.1. The molecule has 2 rings (SSSR count). The molecule has 2 aromatic rings. The van der Waals surface area contributed by atoms with E-state index in [1.54, 1.807) is 11.3 Å². The van der Waals surface area contributed by atoms with Gasteiger partial charge in [-0.15, -0.1) is 11.3 Å². The van der Waals surface area contributed by atoms with Gasteiger partial charge in [-0.1, -0.05) is 6.07 Å². The van der Waals surface area contributed by atoms with E-state index in [-0.39, 0.29) is 5.78 Å². The number of ketones is 1. The zero-order chi connectivity index (χ0) is 13.4. The molecule has 0 aliphatic carbocycles. The minimum absolute atomic E-state index is 0.149. The lowest BCUT2D eigenvalue weighted by Crippen LogP contribution is -2.08. The van der Waals surface area contributed by atoms with Crippen LogP contribution in [-0.4, -0.2) is 5.78 Å². The van der Waals surface area contributed by atoms with Crippen molar-refractivity contribution in [3.63, 3.8) is 0 Å². The molecule has 0 unspecified atom stereocenters. The molecule has 18 heavy (non-hydrogen) atoms. The predicted octanol–water partition coefficient (Wildman–Crippen LogP) is 4.82. The van der Waals surface area contributed by atoms with E-state index < -0.39 is 0 Å². The number of halogens is 1. The van der Waals surface area contributed by atoms with Crippen molar-refractivity contribution in [3.8, 4) is 0 Å². The highest BCUT2D eigenvalue weighted by Gasteiger charge is 2.18. The van der Waals surface area contributed by atoms with Crippen molar-refractivity contribution >= 4 is 39.7 Å². The molecule has 0 radical (unpaired) electrons. The van der Waals surface area contributed by atoms with Crippen molar-refractivity contribution in [3.05, 3.63) is 53.8 Å². The summed E-state index contributed by atoms with van der Waals surface area (Å²) in [5.74, 6) is 0.149. The Kier molecular flexibility index (Phi) is 3.92. The number of hydrogen-bond acceptors (Lipinski definition) is 2. The molecule has 1 nitrogen and oxygen atoms in total. The van der Waals surface area contributed by atoms with Crippen molar-refractivity contribution in [2.75, 3.05) is 0 Å². The van der Waals surface area contributed by atoms with Crippen LogP contribution in [0.1, 0.15) is 38.2 Å². The van der Waals surface area contributed by atoms with Crippen molar-refractivity contribution in [1.29, 1.82) is 0 Å². The van der Waals surface area contributed by atoms with Crippen LogP contribution in [-0.2, 0) is 0 Å². The fraction of sp³-hybridized carbons (Fsp3) is 0.267. The Morgan fingerprint density at radius 1 is 1.06 bits per heavy atom. The van der Waals surface area contributed by atoms with Crippen LogP contribution in [0.25, 0.3) is 0 Å². The molecule has 0 saturated heterocycles. The summed E-state index contributed by atoms with van der Waals surface area (Å²) in [6, 6.07) is 4.11. The standard InChI is InChI=1S/C15H15IOS/c1-8-5-9(2)11(4)14(10(8)3)15(17)12-6-13(16)18-7-12/h5-7H,1-4H3. The van der Waals surface area contributed by atoms with E-state index in [0.717, 1.165) is 25.1 Å². The van der Waals surface area contributed by atoms with Gasteiger partial charge < -0.3 is 0 Å². The summed E-state index contributed by atoms with van der Waals surface area (Å²) in [4.78, 5) is 12.6. The second kappa shape index (κ2) is 5.13. The predicted molar refractivity (Wildman–Crippen MR) is 85.9 cm³/mol. The quantitative estimate of drug-likeness (QED) is 0.547. The largest absolute Gasteiger partial charge is 0.289 e. The molecule has 0 aliphatic heterocycles. The van der Waals surface area contributed by atoms with Gasteiger partial charge in [0, 0.05) is 16.5 Å². The number of benzene rings is 1. The Morgan fingerprint density at radius 3 is 2.06 bits per heavy atom. The van der Waals surface area contributed by atoms with Crippen LogP contribution < -0.4 is 0 Å². The second-order valence-corrected chi connectivity index (χ2v) is 7.41. The van der Waals surface area contributed by atoms with Gasteiger partial charge in [-0.3, -0.25) is 4.79 Å². The van der Waals surface area contributed by atoms with Gasteiger partial charge in [-0.2, -0.15) is 0 Å². The Morgan fingerprint density at radius 2 is 1.61 bits per heavy atom. The first-order valence-electron chi connectivity index (χ1n) is 5.78. The lowest BCUT2D eigenvalue weighted by atomic mass is 9.90. The molecular formula is C15H15IOS. The molecule has 1 aromatic carbocycles. The van der Waals surface area contributed by atoms with Crippen LogP contribution in [0.5, 0.6) is 0 Å². The average Bonchev–Trinajstić information content (AvgIpc) is 2.73. The number of hydrogen-bond donors (Lipinski definition) is 0. The van der Waals surface area contributed by atoms with E-state index in [1.807, 2.05) is 25.3 Å². The second-order valence-electron chi connectivity index (χ2n) is 4.60. The summed E-state index contributed by atoms with van der Waals surface area (Å²) in [5.41, 5.74) is 6.26. The number of rotatable bonds is 2. The van der Waals surface area contributed by atoms with Crippen LogP contribution in [0, 0.1) is 30.6 Å². The van der Waals surface area contributed by atoms with Gasteiger partial charge in [0.05, 0.1) is 2.88 Å². The zero-order valence-electron chi connectivity index (χ0n) is 10.9. The average molecular weight is 370 g/mol. The highest BCUT2D eigenvalue weighted by atomic mass is 127. The third-order valence-electron chi connectivity index (χ3n) is 3.42. The summed E-state index contributed by atoms with van der Waals surface area (Å²) in [5, 5.41) is 1.95. The summed E-state index contributed by atoms with van der Waals surface area (Å²) in [6.45, 7) is 8.20. The zero-order valence-corrected chi connectivity index (χ0v) is 13.9. The number of aryl methyl sites for hydroxylation is 2. The molecule has 1 heterocycles. The van der Waals surface area contributed by atoms with Gasteiger partial charge in [0.1, 0.15) is 0 Å². The van der Waals surface area contributed by atoms with Crippen LogP contribution in [0.15, 0.2) is 17.5 Å². The number of carbonyl (C=O) groups excluding carboxylic acids is 1. The van der Waals surface area contributed by atoms with Gasteiger partial charge in [-0.05, 0) is 78.6 Å². The molecule has 0 atom stereocenters. The normalized spacial score (nSPS) is 10.7. The Bertz CT molecular complexity index is 599. The first kappa shape index (κ1) is 13.7. The van der Waals surface area contributed by atoms with Crippen molar-refractivity contribution < 1.29 is 4.79 Å². The van der Waals surface area contributed by atoms with Crippen LogP contribution in [0.3, 0.4) is 0 Å². The SMILES string of the molecule is Cc1cc(C)c(C)c(C(=O)c2csc(I)c2)c1C. The number of thiophene rings is 1. The van der Waals surface area contributed by atoms with Gasteiger partial charge in [0.25, 0.3) is 0 Å². The molecule has 0 saturated carbocycles. The van der Waals surface area contributed by atoms with E-state index in [4.69, 9.17) is 0 Å². The lowest BCUT2D eigenvalue weighted by molar-refractivity contribution is 0.103. The molecule has 0 bridgehead atoms. The van der Waals surface area contributed by atoms with Crippen molar-refractivity contribution in [1.82, 2.24) is 0 Å². The smallest absolute Gasteiger partial charge is 0.194 e. The van der Waals surface area contributed by atoms with Crippen LogP contribution in [0.2, 0.25) is 0 Å². The summed E-state index contributed by atoms with van der Waals surface area (Å²) < 4.78 is 1.15. The van der Waals surface area contributed by atoms with Crippen LogP contribution >= 0.6 is 33.9 Å². The highest BCUT2D eigenvalue weighted by Crippen LogP contribution is 2.26. The third-order valence-corrected chi connectivity index (χ3v) is 5.21. The van der Waals surface area contributed by atoms with Gasteiger partial charge >= 0.3 is 0 Å². The molecular weight excluding hydrogens is 355 g/mol. The topological polar surface area (TPSA) is 17.1 Å². The maximum absolute atomic E-state index is 12.6. The van der Waals surface area contributed by atoms with E-state index in [1.165, 1.54) is 11.1 Å². The maximum Gasteiger partial charge on any atom is 0.194 e. The molecule has 3 heteroatoms. The Hall–Kier alpha value is -0.680. The maximum atomic E-state index is 12.6. The van der Waals surface area contributed by atoms with E-state index in [0.29, 0.717) is 0 Å². The molecule has 1 aromatic heterocycles. The van der Waals surface area contributed by atoms with Crippen molar-refractivity contribution in [2.24, 2.45) is 0 Å². The molecule has 0 fully saturated rings. The molecule has 94 valence electrons. The molecule has 0 N–H and O–H groups in total. The van der Waals surface area contributed by atoms with Gasteiger partial charge in [-0.25, -0.2) is 0 Å². The Labute approximate surface area is 125 Å².